The van der Waals surface area contributed by atoms with E-state index in [0.29, 0.717) is 5.75 Å². The van der Waals surface area contributed by atoms with Crippen molar-refractivity contribution < 1.29 is 23.5 Å². The number of hydrogen-bond donors (Lipinski definition) is 1. The molecule has 0 aromatic heterocycles. The Hall–Kier alpha value is -2.89. The lowest BCUT2D eigenvalue weighted by molar-refractivity contribution is -0.156. The number of rotatable bonds is 9. The van der Waals surface area contributed by atoms with Crippen LogP contribution in [-0.4, -0.2) is 24.6 Å². The van der Waals surface area contributed by atoms with E-state index in [2.05, 4.69) is 5.32 Å². The molecule has 0 aliphatic rings. The second-order valence-electron chi connectivity index (χ2n) is 6.14. The van der Waals surface area contributed by atoms with Crippen LogP contribution in [0.3, 0.4) is 0 Å². The Balaban J connectivity index is 1.84. The third kappa shape index (κ3) is 6.73. The zero-order valence-corrected chi connectivity index (χ0v) is 15.5. The van der Waals surface area contributed by atoms with Gasteiger partial charge < -0.3 is 14.8 Å². The summed E-state index contributed by atoms with van der Waals surface area (Å²) in [5, 5.41) is 2.92. The van der Waals surface area contributed by atoms with Crippen molar-refractivity contribution in [2.45, 2.75) is 38.8 Å². The quantitative estimate of drug-likeness (QED) is 0.679. The van der Waals surface area contributed by atoms with Crippen LogP contribution in [-0.2, 0) is 14.3 Å². The van der Waals surface area contributed by atoms with Gasteiger partial charge in [0.25, 0.3) is 5.91 Å². The number of amides is 1. The zero-order valence-electron chi connectivity index (χ0n) is 15.5. The van der Waals surface area contributed by atoms with Gasteiger partial charge in [-0.05, 0) is 43.2 Å². The second-order valence-corrected chi connectivity index (χ2v) is 6.14. The predicted octanol–water partition coefficient (Wildman–Crippen LogP) is 3.79. The summed E-state index contributed by atoms with van der Waals surface area (Å²) in [6.07, 6.45) is 0.737. The van der Waals surface area contributed by atoms with E-state index in [1.165, 1.54) is 31.2 Å². The fraction of sp³-hybridized carbons (Fsp3) is 0.333. The molecule has 5 nitrogen and oxygen atoms in total. The van der Waals surface area contributed by atoms with Crippen LogP contribution >= 0.6 is 0 Å². The molecule has 0 unspecified atom stereocenters. The van der Waals surface area contributed by atoms with Gasteiger partial charge in [0.15, 0.2) is 12.7 Å². The molecule has 1 N–H and O–H groups in total. The predicted molar refractivity (Wildman–Crippen MR) is 99.7 cm³/mol. The number of ether oxygens (including phenoxy) is 2. The van der Waals surface area contributed by atoms with Gasteiger partial charge in [-0.1, -0.05) is 43.7 Å². The molecule has 27 heavy (non-hydrogen) atoms. The standard InChI is InChI=1S/C21H24FNO4/c1-3-7-19(16-8-5-4-6-9-16)23-21(25)15(2)27-20(24)14-26-18-12-10-17(22)11-13-18/h4-6,8-13,15,19H,3,7,14H2,1-2H3,(H,23,25)/t15-,19-/m0/s1. The first kappa shape index (κ1) is 20.4. The molecule has 2 aromatic carbocycles. The summed E-state index contributed by atoms with van der Waals surface area (Å²) in [5.41, 5.74) is 1.01. The van der Waals surface area contributed by atoms with Crippen molar-refractivity contribution in [3.63, 3.8) is 0 Å². The molecule has 2 aromatic rings. The number of esters is 1. The van der Waals surface area contributed by atoms with E-state index in [4.69, 9.17) is 9.47 Å². The Labute approximate surface area is 158 Å². The third-order valence-electron chi connectivity index (χ3n) is 3.94. The minimum Gasteiger partial charge on any atom is -0.482 e. The third-order valence-corrected chi connectivity index (χ3v) is 3.94. The molecule has 1 amide bonds. The molecule has 0 spiro atoms. The number of carbonyl (C=O) groups excluding carboxylic acids is 2. The molecule has 0 radical (unpaired) electrons. The highest BCUT2D eigenvalue weighted by Gasteiger charge is 2.21. The maximum absolute atomic E-state index is 12.8. The van der Waals surface area contributed by atoms with E-state index in [0.717, 1.165) is 18.4 Å². The van der Waals surface area contributed by atoms with Crippen molar-refractivity contribution in [3.05, 3.63) is 66.0 Å². The highest BCUT2D eigenvalue weighted by molar-refractivity contribution is 5.84. The first-order valence-corrected chi connectivity index (χ1v) is 8.92. The second kappa shape index (κ2) is 10.3. The molecule has 0 aliphatic heterocycles. The van der Waals surface area contributed by atoms with Crippen LogP contribution in [0.15, 0.2) is 54.6 Å². The Morgan fingerprint density at radius 1 is 1.07 bits per heavy atom. The van der Waals surface area contributed by atoms with Crippen molar-refractivity contribution in [1.29, 1.82) is 0 Å². The molecule has 0 saturated carbocycles. The number of halogens is 1. The van der Waals surface area contributed by atoms with E-state index >= 15 is 0 Å². The molecule has 0 saturated heterocycles. The molecule has 0 bridgehead atoms. The van der Waals surface area contributed by atoms with E-state index in [9.17, 15) is 14.0 Å². The normalized spacial score (nSPS) is 12.7. The topological polar surface area (TPSA) is 64.6 Å². The average molecular weight is 373 g/mol. The molecule has 2 atom stereocenters. The summed E-state index contributed by atoms with van der Waals surface area (Å²) in [4.78, 5) is 24.3. The highest BCUT2D eigenvalue weighted by Crippen LogP contribution is 2.18. The summed E-state index contributed by atoms with van der Waals surface area (Å²) in [7, 11) is 0. The summed E-state index contributed by atoms with van der Waals surface area (Å²) < 4.78 is 23.2. The van der Waals surface area contributed by atoms with Gasteiger partial charge in [-0.15, -0.1) is 0 Å². The molecule has 0 heterocycles. The van der Waals surface area contributed by atoms with Crippen LogP contribution in [0.2, 0.25) is 0 Å². The minimum atomic E-state index is -0.947. The van der Waals surface area contributed by atoms with Gasteiger partial charge in [0.05, 0.1) is 6.04 Å². The average Bonchev–Trinajstić information content (AvgIpc) is 2.67. The van der Waals surface area contributed by atoms with Crippen molar-refractivity contribution in [2.24, 2.45) is 0 Å². The first-order valence-electron chi connectivity index (χ1n) is 8.92. The van der Waals surface area contributed by atoms with Gasteiger partial charge in [-0.25, -0.2) is 9.18 Å². The van der Waals surface area contributed by atoms with Gasteiger partial charge in [-0.3, -0.25) is 4.79 Å². The zero-order chi connectivity index (χ0) is 19.6. The van der Waals surface area contributed by atoms with Gasteiger partial charge >= 0.3 is 5.97 Å². The lowest BCUT2D eigenvalue weighted by Crippen LogP contribution is -2.38. The van der Waals surface area contributed by atoms with Gasteiger partial charge in [0, 0.05) is 0 Å². The van der Waals surface area contributed by atoms with Crippen molar-refractivity contribution in [3.8, 4) is 5.75 Å². The number of hydrogen-bond acceptors (Lipinski definition) is 4. The molecule has 0 fully saturated rings. The van der Waals surface area contributed by atoms with Crippen LogP contribution in [0.5, 0.6) is 5.75 Å². The molecule has 2 rings (SSSR count). The lowest BCUT2D eigenvalue weighted by Gasteiger charge is -2.21. The van der Waals surface area contributed by atoms with E-state index in [1.54, 1.807) is 0 Å². The van der Waals surface area contributed by atoms with Crippen LogP contribution in [0, 0.1) is 5.82 Å². The number of nitrogens with one attached hydrogen (secondary N) is 1. The first-order chi connectivity index (χ1) is 13.0. The van der Waals surface area contributed by atoms with Crippen LogP contribution in [0.25, 0.3) is 0 Å². The van der Waals surface area contributed by atoms with Crippen LogP contribution in [0.1, 0.15) is 38.3 Å². The Morgan fingerprint density at radius 3 is 2.37 bits per heavy atom. The Bertz CT molecular complexity index is 734. The lowest BCUT2D eigenvalue weighted by atomic mass is 10.0. The highest BCUT2D eigenvalue weighted by atomic mass is 19.1. The smallest absolute Gasteiger partial charge is 0.344 e. The summed E-state index contributed by atoms with van der Waals surface area (Å²) in [6.45, 7) is 3.19. The fourth-order valence-corrected chi connectivity index (χ4v) is 2.54. The Kier molecular flexibility index (Phi) is 7.79. The largest absolute Gasteiger partial charge is 0.482 e. The Morgan fingerprint density at radius 2 is 1.74 bits per heavy atom. The van der Waals surface area contributed by atoms with Gasteiger partial charge in [0.1, 0.15) is 11.6 Å². The van der Waals surface area contributed by atoms with Gasteiger partial charge in [-0.2, -0.15) is 0 Å². The monoisotopic (exact) mass is 373 g/mol. The summed E-state index contributed by atoms with van der Waals surface area (Å²) in [6, 6.07) is 14.8. The summed E-state index contributed by atoms with van der Waals surface area (Å²) >= 11 is 0. The van der Waals surface area contributed by atoms with Crippen LogP contribution < -0.4 is 10.1 Å². The van der Waals surface area contributed by atoms with Crippen molar-refractivity contribution >= 4 is 11.9 Å². The number of benzene rings is 2. The van der Waals surface area contributed by atoms with E-state index in [-0.39, 0.29) is 18.6 Å². The molecular formula is C21H24FNO4. The van der Waals surface area contributed by atoms with Gasteiger partial charge in [0.2, 0.25) is 0 Å². The minimum absolute atomic E-state index is 0.139. The summed E-state index contributed by atoms with van der Waals surface area (Å²) in [5.74, 6) is -1.09. The van der Waals surface area contributed by atoms with Crippen LogP contribution in [0.4, 0.5) is 4.39 Å². The number of carbonyl (C=O) groups is 2. The van der Waals surface area contributed by atoms with Crippen molar-refractivity contribution in [2.75, 3.05) is 6.61 Å². The molecular weight excluding hydrogens is 349 g/mol. The molecule has 0 aliphatic carbocycles. The fourth-order valence-electron chi connectivity index (χ4n) is 2.54. The molecule has 6 heteroatoms. The maximum Gasteiger partial charge on any atom is 0.344 e. The van der Waals surface area contributed by atoms with E-state index < -0.39 is 17.9 Å². The van der Waals surface area contributed by atoms with Crippen molar-refractivity contribution in [1.82, 2.24) is 5.32 Å². The molecule has 144 valence electrons. The SMILES string of the molecule is CCC[C@H](NC(=O)[C@H](C)OC(=O)COc1ccc(F)cc1)c1ccccc1. The maximum atomic E-state index is 12.8. The van der Waals surface area contributed by atoms with E-state index in [1.807, 2.05) is 37.3 Å².